The van der Waals surface area contributed by atoms with Gasteiger partial charge in [0, 0.05) is 0 Å². The van der Waals surface area contributed by atoms with Crippen LogP contribution in [-0.4, -0.2) is 22.4 Å². The highest BCUT2D eigenvalue weighted by Crippen LogP contribution is 2.41. The van der Waals surface area contributed by atoms with Crippen LogP contribution in [0.5, 0.6) is 0 Å². The zero-order chi connectivity index (χ0) is 31.5. The Kier molecular flexibility index (Phi) is 13.2. The van der Waals surface area contributed by atoms with Gasteiger partial charge in [0.2, 0.25) is 0 Å². The maximum Gasteiger partial charge on any atom is 0.0734 e. The van der Waals surface area contributed by atoms with E-state index in [1.165, 1.54) is 33.4 Å². The van der Waals surface area contributed by atoms with E-state index in [1.54, 1.807) is 0 Å². The van der Waals surface area contributed by atoms with Crippen LogP contribution in [-0.2, 0) is 0 Å². The molecular formula is C40H54O2. The molecule has 0 bridgehead atoms. The smallest absolute Gasteiger partial charge is 0.0734 e. The minimum Gasteiger partial charge on any atom is -0.389 e. The van der Waals surface area contributed by atoms with Gasteiger partial charge in [-0.15, -0.1) is 0 Å². The summed E-state index contributed by atoms with van der Waals surface area (Å²) in [5.41, 5.74) is 9.59. The van der Waals surface area contributed by atoms with E-state index >= 15 is 0 Å². The third kappa shape index (κ3) is 11.6. The first-order valence-corrected chi connectivity index (χ1v) is 15.2. The lowest BCUT2D eigenvalue weighted by atomic mass is 9.72. The Bertz CT molecular complexity index is 1230. The Morgan fingerprint density at radius 3 is 1.21 bits per heavy atom. The van der Waals surface area contributed by atoms with E-state index in [0.29, 0.717) is 0 Å². The summed E-state index contributed by atoms with van der Waals surface area (Å²) in [5, 5.41) is 20.1. The molecule has 0 saturated carbocycles. The maximum atomic E-state index is 10.0. The molecule has 0 aromatic carbocycles. The summed E-state index contributed by atoms with van der Waals surface area (Å²) in [4.78, 5) is 0. The lowest BCUT2D eigenvalue weighted by molar-refractivity contribution is 0.160. The standard InChI is InChI=1S/C40H54O2/c1-29(17-13-19-31(3)21-23-37-33(5)25-35(41)27-39(37,7)8)15-11-12-16-30(2)18-14-20-32(4)22-24-38-34(6)26-36(42)28-40(38,9)10/h11-26,35-36,41-42H,27-28H2,1-10H3/b15-11?,16-12?,19-13+,20-14?,29-17?,30-18?,31-21+,32-22?,37-23+,38-24?. The molecule has 2 aliphatic rings. The Morgan fingerprint density at radius 2 is 0.881 bits per heavy atom. The number of rotatable bonds is 9. The zero-order valence-corrected chi connectivity index (χ0v) is 27.7. The van der Waals surface area contributed by atoms with Crippen molar-refractivity contribution in [3.63, 3.8) is 0 Å². The van der Waals surface area contributed by atoms with Gasteiger partial charge < -0.3 is 10.2 Å². The topological polar surface area (TPSA) is 40.5 Å². The Labute approximate surface area is 256 Å². The monoisotopic (exact) mass is 566 g/mol. The minimum absolute atomic E-state index is 0.0267. The molecular weight excluding hydrogens is 512 g/mol. The highest BCUT2D eigenvalue weighted by Gasteiger charge is 2.31. The first-order valence-electron chi connectivity index (χ1n) is 15.2. The molecule has 0 heterocycles. The average molecular weight is 567 g/mol. The van der Waals surface area contributed by atoms with Crippen LogP contribution in [0.4, 0.5) is 0 Å². The van der Waals surface area contributed by atoms with Crippen molar-refractivity contribution >= 4 is 0 Å². The first-order chi connectivity index (χ1) is 19.6. The summed E-state index contributed by atoms with van der Waals surface area (Å²) < 4.78 is 0. The summed E-state index contributed by atoms with van der Waals surface area (Å²) in [6.07, 6.45) is 34.4. The quantitative estimate of drug-likeness (QED) is 0.273. The molecule has 226 valence electrons. The van der Waals surface area contributed by atoms with Crippen molar-refractivity contribution in [1.82, 2.24) is 0 Å². The van der Waals surface area contributed by atoms with Gasteiger partial charge in [0.15, 0.2) is 0 Å². The predicted octanol–water partition coefficient (Wildman–Crippen LogP) is 10.3. The molecule has 0 amide bonds. The lowest BCUT2D eigenvalue weighted by Gasteiger charge is -2.34. The number of hydrogen-bond donors (Lipinski definition) is 2. The van der Waals surface area contributed by atoms with Crippen LogP contribution < -0.4 is 0 Å². The Balaban J connectivity index is 1.92. The molecule has 0 aromatic rings. The second kappa shape index (κ2) is 15.9. The lowest BCUT2D eigenvalue weighted by Crippen LogP contribution is -2.27. The molecule has 2 rings (SSSR count). The third-order valence-corrected chi connectivity index (χ3v) is 7.92. The van der Waals surface area contributed by atoms with E-state index in [2.05, 4.69) is 154 Å². The van der Waals surface area contributed by atoms with Crippen LogP contribution in [0, 0.1) is 10.8 Å². The predicted molar refractivity (Wildman–Crippen MR) is 184 cm³/mol. The van der Waals surface area contributed by atoms with E-state index in [1.807, 2.05) is 12.2 Å². The van der Waals surface area contributed by atoms with Gasteiger partial charge in [-0.05, 0) is 87.5 Å². The molecule has 0 aromatic heterocycles. The molecule has 0 radical (unpaired) electrons. The molecule has 2 N–H and O–H groups in total. The van der Waals surface area contributed by atoms with Crippen molar-refractivity contribution in [1.29, 1.82) is 0 Å². The van der Waals surface area contributed by atoms with Gasteiger partial charge in [-0.2, -0.15) is 0 Å². The van der Waals surface area contributed by atoms with E-state index in [9.17, 15) is 10.2 Å². The van der Waals surface area contributed by atoms with Crippen LogP contribution in [0.1, 0.15) is 82.1 Å². The highest BCUT2D eigenvalue weighted by molar-refractivity contribution is 5.43. The van der Waals surface area contributed by atoms with E-state index in [-0.39, 0.29) is 23.0 Å². The average Bonchev–Trinajstić information content (AvgIpc) is 2.84. The summed E-state index contributed by atoms with van der Waals surface area (Å²) in [6.45, 7) is 21.4. The molecule has 2 aliphatic carbocycles. The van der Waals surface area contributed by atoms with Crippen molar-refractivity contribution in [3.8, 4) is 0 Å². The summed E-state index contributed by atoms with van der Waals surface area (Å²) >= 11 is 0. The van der Waals surface area contributed by atoms with Crippen LogP contribution in [0.25, 0.3) is 0 Å². The Hall–Kier alpha value is -3.20. The van der Waals surface area contributed by atoms with Gasteiger partial charge in [-0.25, -0.2) is 0 Å². The number of hydrogen-bond acceptors (Lipinski definition) is 2. The highest BCUT2D eigenvalue weighted by atomic mass is 16.3. The first kappa shape index (κ1) is 35.0. The van der Waals surface area contributed by atoms with Crippen LogP contribution in [0.15, 0.2) is 142 Å². The van der Waals surface area contributed by atoms with Gasteiger partial charge >= 0.3 is 0 Å². The van der Waals surface area contributed by atoms with Crippen LogP contribution in [0.2, 0.25) is 0 Å². The molecule has 42 heavy (non-hydrogen) atoms. The number of allylic oxidation sites excluding steroid dienone is 22. The van der Waals surface area contributed by atoms with Gasteiger partial charge in [-0.3, -0.25) is 0 Å². The second-order valence-corrected chi connectivity index (χ2v) is 13.2. The van der Waals surface area contributed by atoms with E-state index < -0.39 is 0 Å². The second-order valence-electron chi connectivity index (χ2n) is 13.2. The summed E-state index contributed by atoms with van der Waals surface area (Å²) in [5.74, 6) is 0. The fourth-order valence-corrected chi connectivity index (χ4v) is 5.69. The SMILES string of the molecule is CC(C=CC=CC(C)=C/C=C/C(C)=C/C=C1\C(C)=CC(O)CC1(C)C)=CC=CC(C)=CC=C1C(C)=CC(O)CC1(C)C. The summed E-state index contributed by atoms with van der Waals surface area (Å²) in [7, 11) is 0. The molecule has 0 saturated heterocycles. The summed E-state index contributed by atoms with van der Waals surface area (Å²) in [6, 6.07) is 0. The Morgan fingerprint density at radius 1 is 0.571 bits per heavy atom. The van der Waals surface area contributed by atoms with Gasteiger partial charge in [0.05, 0.1) is 12.2 Å². The van der Waals surface area contributed by atoms with Gasteiger partial charge in [-0.1, -0.05) is 147 Å². The number of aliphatic hydroxyl groups is 2. The van der Waals surface area contributed by atoms with E-state index in [4.69, 9.17) is 0 Å². The molecule has 2 nitrogen and oxygen atoms in total. The normalized spacial score (nSPS) is 26.4. The van der Waals surface area contributed by atoms with Gasteiger partial charge in [0.25, 0.3) is 0 Å². The fraction of sp³-hybridized carbons (Fsp3) is 0.400. The molecule has 0 aliphatic heterocycles. The molecule has 2 heteroatoms. The van der Waals surface area contributed by atoms with Gasteiger partial charge in [0.1, 0.15) is 0 Å². The van der Waals surface area contributed by atoms with Crippen LogP contribution >= 0.6 is 0 Å². The van der Waals surface area contributed by atoms with Crippen molar-refractivity contribution in [2.45, 2.75) is 94.3 Å². The molecule has 0 fully saturated rings. The van der Waals surface area contributed by atoms with Crippen molar-refractivity contribution < 1.29 is 10.2 Å². The zero-order valence-electron chi connectivity index (χ0n) is 27.7. The number of aliphatic hydroxyl groups excluding tert-OH is 2. The minimum atomic E-state index is -0.352. The van der Waals surface area contributed by atoms with Crippen LogP contribution in [0.3, 0.4) is 0 Å². The van der Waals surface area contributed by atoms with Crippen molar-refractivity contribution in [2.75, 3.05) is 0 Å². The van der Waals surface area contributed by atoms with Crippen molar-refractivity contribution in [2.24, 2.45) is 10.8 Å². The molecule has 0 spiro atoms. The van der Waals surface area contributed by atoms with Crippen molar-refractivity contribution in [3.05, 3.63) is 142 Å². The van der Waals surface area contributed by atoms with E-state index in [0.717, 1.165) is 24.0 Å². The largest absolute Gasteiger partial charge is 0.389 e. The molecule has 2 unspecified atom stereocenters. The fourth-order valence-electron chi connectivity index (χ4n) is 5.69. The maximum absolute atomic E-state index is 10.0. The third-order valence-electron chi connectivity index (χ3n) is 7.92. The molecule has 2 atom stereocenters.